The molecule has 2 N–H and O–H groups in total. The molecule has 1 unspecified atom stereocenters. The van der Waals surface area contributed by atoms with Crippen molar-refractivity contribution in [3.8, 4) is 0 Å². The number of hydrogen-bond acceptors (Lipinski definition) is 2. The molecule has 0 saturated carbocycles. The zero-order valence-electron chi connectivity index (χ0n) is 8.29. The lowest BCUT2D eigenvalue weighted by Gasteiger charge is -2.05. The molecule has 1 atom stereocenters. The van der Waals surface area contributed by atoms with Crippen LogP contribution in [0.3, 0.4) is 0 Å². The monoisotopic (exact) mass is 220 g/mol. The summed E-state index contributed by atoms with van der Waals surface area (Å²) in [7, 11) is 0. The molecule has 1 amide bonds. The van der Waals surface area contributed by atoms with E-state index in [9.17, 15) is 9.18 Å². The van der Waals surface area contributed by atoms with Crippen molar-refractivity contribution in [2.75, 3.05) is 6.61 Å². The zero-order valence-corrected chi connectivity index (χ0v) is 8.29. The van der Waals surface area contributed by atoms with Crippen molar-refractivity contribution in [1.29, 1.82) is 0 Å². The van der Waals surface area contributed by atoms with Gasteiger partial charge in [-0.15, -0.1) is 0 Å². The zero-order chi connectivity index (χ0) is 11.1. The molecule has 4 nitrogen and oxygen atoms in total. The molecule has 0 spiro atoms. The number of benzene rings is 1. The van der Waals surface area contributed by atoms with Crippen molar-refractivity contribution < 1.29 is 13.9 Å². The molecule has 2 heterocycles. The normalized spacial score (nSPS) is 19.8. The van der Waals surface area contributed by atoms with Crippen LogP contribution in [0, 0.1) is 5.82 Å². The Morgan fingerprint density at radius 2 is 2.31 bits per heavy atom. The van der Waals surface area contributed by atoms with Crippen LogP contribution in [0.15, 0.2) is 24.4 Å². The summed E-state index contributed by atoms with van der Waals surface area (Å²) in [5.41, 5.74) is 1.44. The number of halogens is 1. The Hall–Kier alpha value is -2.04. The van der Waals surface area contributed by atoms with Crippen LogP contribution in [-0.4, -0.2) is 17.7 Å². The first kappa shape index (κ1) is 9.21. The molecule has 2 aromatic rings. The second-order valence-corrected chi connectivity index (χ2v) is 3.70. The third kappa shape index (κ3) is 1.25. The lowest BCUT2D eigenvalue weighted by atomic mass is 10.1. The number of carbonyl (C=O) groups is 1. The fraction of sp³-hybridized carbons (Fsp3) is 0.182. The van der Waals surface area contributed by atoms with Crippen LogP contribution < -0.4 is 5.32 Å². The van der Waals surface area contributed by atoms with E-state index in [-0.39, 0.29) is 18.5 Å². The first-order valence-electron chi connectivity index (χ1n) is 4.94. The van der Waals surface area contributed by atoms with Crippen molar-refractivity contribution in [1.82, 2.24) is 10.3 Å². The average Bonchev–Trinajstić information content (AvgIpc) is 2.84. The van der Waals surface area contributed by atoms with Gasteiger partial charge in [-0.1, -0.05) is 6.07 Å². The molecule has 1 aliphatic rings. The number of aromatic amines is 1. The van der Waals surface area contributed by atoms with Gasteiger partial charge in [0, 0.05) is 22.7 Å². The molecule has 0 aliphatic carbocycles. The number of amides is 1. The molecule has 1 aliphatic heterocycles. The number of rotatable bonds is 1. The molecule has 1 aromatic heterocycles. The number of fused-ring (bicyclic) bond motifs is 1. The van der Waals surface area contributed by atoms with Crippen molar-refractivity contribution in [2.45, 2.75) is 6.04 Å². The van der Waals surface area contributed by atoms with E-state index >= 15 is 0 Å². The summed E-state index contributed by atoms with van der Waals surface area (Å²) >= 11 is 0. The number of carbonyl (C=O) groups excluding carboxylic acids is 1. The van der Waals surface area contributed by atoms with Gasteiger partial charge < -0.3 is 15.0 Å². The van der Waals surface area contributed by atoms with Crippen molar-refractivity contribution in [2.24, 2.45) is 0 Å². The van der Waals surface area contributed by atoms with E-state index in [1.165, 1.54) is 6.07 Å². The largest absolute Gasteiger partial charge is 0.447 e. The second kappa shape index (κ2) is 3.23. The third-order valence-corrected chi connectivity index (χ3v) is 2.73. The molecule has 16 heavy (non-hydrogen) atoms. The molecular formula is C11H9FN2O2. The maximum Gasteiger partial charge on any atom is 0.407 e. The van der Waals surface area contributed by atoms with Crippen molar-refractivity contribution in [3.63, 3.8) is 0 Å². The van der Waals surface area contributed by atoms with Gasteiger partial charge in [0.15, 0.2) is 0 Å². The topological polar surface area (TPSA) is 54.1 Å². The Morgan fingerprint density at radius 3 is 3.06 bits per heavy atom. The summed E-state index contributed by atoms with van der Waals surface area (Å²) in [6, 6.07) is 4.55. The Morgan fingerprint density at radius 1 is 1.44 bits per heavy atom. The molecule has 1 aromatic carbocycles. The van der Waals surface area contributed by atoms with E-state index in [2.05, 4.69) is 10.3 Å². The highest BCUT2D eigenvalue weighted by Crippen LogP contribution is 2.28. The number of H-pyrrole nitrogens is 1. The Labute approximate surface area is 90.4 Å². The van der Waals surface area contributed by atoms with Crippen LogP contribution in [0.25, 0.3) is 10.9 Å². The summed E-state index contributed by atoms with van der Waals surface area (Å²) in [4.78, 5) is 13.9. The van der Waals surface area contributed by atoms with Crippen molar-refractivity contribution >= 4 is 17.0 Å². The fourth-order valence-electron chi connectivity index (χ4n) is 1.99. The van der Waals surface area contributed by atoms with Crippen LogP contribution in [0.2, 0.25) is 0 Å². The predicted molar refractivity (Wildman–Crippen MR) is 55.5 cm³/mol. The summed E-state index contributed by atoms with van der Waals surface area (Å²) in [5.74, 6) is -0.296. The van der Waals surface area contributed by atoms with Gasteiger partial charge in [0.2, 0.25) is 0 Å². The van der Waals surface area contributed by atoms with Crippen LogP contribution in [0.1, 0.15) is 11.6 Å². The smallest absolute Gasteiger partial charge is 0.407 e. The van der Waals surface area contributed by atoms with E-state index in [0.29, 0.717) is 5.39 Å². The number of hydrogen-bond donors (Lipinski definition) is 2. The van der Waals surface area contributed by atoms with E-state index in [4.69, 9.17) is 4.74 Å². The number of cyclic esters (lactones) is 1. The molecule has 0 radical (unpaired) electrons. The van der Waals surface area contributed by atoms with E-state index in [1.54, 1.807) is 18.3 Å². The van der Waals surface area contributed by atoms with E-state index < -0.39 is 6.09 Å². The molecule has 3 rings (SSSR count). The lowest BCUT2D eigenvalue weighted by molar-refractivity contribution is 0.177. The summed E-state index contributed by atoms with van der Waals surface area (Å²) in [6.07, 6.45) is 1.24. The number of alkyl carbamates (subject to hydrolysis) is 1. The van der Waals surface area contributed by atoms with Gasteiger partial charge in [0.05, 0.1) is 6.04 Å². The Kier molecular flexibility index (Phi) is 1.86. The van der Waals surface area contributed by atoms with Crippen LogP contribution in [0.5, 0.6) is 0 Å². The summed E-state index contributed by atoms with van der Waals surface area (Å²) in [6.45, 7) is 0.236. The van der Waals surface area contributed by atoms with Crippen LogP contribution in [0.4, 0.5) is 9.18 Å². The number of aromatic nitrogens is 1. The predicted octanol–water partition coefficient (Wildman–Crippen LogP) is 2.09. The molecule has 1 fully saturated rings. The minimum Gasteiger partial charge on any atom is -0.447 e. The second-order valence-electron chi connectivity index (χ2n) is 3.70. The average molecular weight is 220 g/mol. The van der Waals surface area contributed by atoms with Gasteiger partial charge in [-0.25, -0.2) is 9.18 Å². The van der Waals surface area contributed by atoms with Gasteiger partial charge in [0.25, 0.3) is 0 Å². The van der Waals surface area contributed by atoms with Gasteiger partial charge in [-0.3, -0.25) is 0 Å². The molecule has 1 saturated heterocycles. The summed E-state index contributed by atoms with van der Waals surface area (Å²) in [5, 5.41) is 3.14. The Balaban J connectivity index is 2.13. The SMILES string of the molecule is O=C1NC(c2c[nH]c3cccc(F)c23)CO1. The van der Waals surface area contributed by atoms with E-state index in [1.807, 2.05) is 0 Å². The minimum absolute atomic E-state index is 0.236. The van der Waals surface area contributed by atoms with Crippen molar-refractivity contribution in [3.05, 3.63) is 35.8 Å². The maximum atomic E-state index is 13.7. The maximum absolute atomic E-state index is 13.7. The highest BCUT2D eigenvalue weighted by molar-refractivity contribution is 5.85. The molecular weight excluding hydrogens is 211 g/mol. The first-order chi connectivity index (χ1) is 7.75. The van der Waals surface area contributed by atoms with Crippen LogP contribution >= 0.6 is 0 Å². The third-order valence-electron chi connectivity index (χ3n) is 2.73. The van der Waals surface area contributed by atoms with Gasteiger partial charge in [-0.05, 0) is 12.1 Å². The first-order valence-corrected chi connectivity index (χ1v) is 4.94. The molecule has 82 valence electrons. The van der Waals surface area contributed by atoms with Gasteiger partial charge in [0.1, 0.15) is 12.4 Å². The highest BCUT2D eigenvalue weighted by Gasteiger charge is 2.26. The summed E-state index contributed by atoms with van der Waals surface area (Å²) < 4.78 is 18.4. The quantitative estimate of drug-likeness (QED) is 0.773. The van der Waals surface area contributed by atoms with Gasteiger partial charge >= 0.3 is 6.09 Å². The molecule has 5 heteroatoms. The number of ether oxygens (including phenoxy) is 1. The minimum atomic E-state index is -0.462. The Bertz CT molecular complexity index is 564. The molecule has 0 bridgehead atoms. The van der Waals surface area contributed by atoms with Crippen LogP contribution in [-0.2, 0) is 4.74 Å². The van der Waals surface area contributed by atoms with E-state index in [0.717, 1.165) is 11.1 Å². The highest BCUT2D eigenvalue weighted by atomic mass is 19.1. The fourth-order valence-corrected chi connectivity index (χ4v) is 1.99. The van der Waals surface area contributed by atoms with Gasteiger partial charge in [-0.2, -0.15) is 0 Å². The standard InChI is InChI=1S/C11H9FN2O2/c12-7-2-1-3-8-10(7)6(4-13-8)9-5-16-11(15)14-9/h1-4,9,13H,5H2,(H,14,15). The lowest BCUT2D eigenvalue weighted by Crippen LogP contribution is -2.18. The number of nitrogens with one attached hydrogen (secondary N) is 2.